The van der Waals surface area contributed by atoms with Gasteiger partial charge in [0.2, 0.25) is 0 Å². The Balaban J connectivity index is 1.85. The molecule has 19 heavy (non-hydrogen) atoms. The van der Waals surface area contributed by atoms with Gasteiger partial charge in [-0.25, -0.2) is 5.48 Å². The van der Waals surface area contributed by atoms with Crippen LogP contribution in [0.5, 0.6) is 0 Å². The lowest BCUT2D eigenvalue weighted by Crippen LogP contribution is -2.26. The van der Waals surface area contributed by atoms with Crippen LogP contribution in [0.3, 0.4) is 0 Å². The van der Waals surface area contributed by atoms with Gasteiger partial charge in [0.05, 0.1) is 6.10 Å². The van der Waals surface area contributed by atoms with Gasteiger partial charge < -0.3 is 0 Å². The Morgan fingerprint density at radius 3 is 2.74 bits per heavy atom. The maximum atomic E-state index is 11.6. The predicted octanol–water partition coefficient (Wildman–Crippen LogP) is 4.00. The second kappa shape index (κ2) is 6.94. The molecule has 2 rings (SSSR count). The lowest BCUT2D eigenvalue weighted by Gasteiger charge is -2.09. The standard InChI is InChI=1S/C14H15Cl2NO2/c15-11-7-5-10(13(16)9-11)6-8-14(18)17-19-12-3-1-2-4-12/h5-9,12H,1-4H2,(H,17,18)/b8-6+. The number of hydrogen-bond donors (Lipinski definition) is 1. The Labute approximate surface area is 122 Å². The summed E-state index contributed by atoms with van der Waals surface area (Å²) in [5.74, 6) is -0.294. The van der Waals surface area contributed by atoms with Gasteiger partial charge in [0.25, 0.3) is 5.91 Å². The molecule has 1 aliphatic carbocycles. The van der Waals surface area contributed by atoms with E-state index in [9.17, 15) is 4.79 Å². The van der Waals surface area contributed by atoms with Crippen molar-refractivity contribution in [3.05, 3.63) is 39.9 Å². The number of hydrogen-bond acceptors (Lipinski definition) is 2. The molecule has 0 bridgehead atoms. The van der Waals surface area contributed by atoms with Crippen LogP contribution in [0.4, 0.5) is 0 Å². The summed E-state index contributed by atoms with van der Waals surface area (Å²) in [5.41, 5.74) is 3.17. The molecule has 3 nitrogen and oxygen atoms in total. The molecule has 5 heteroatoms. The highest BCUT2D eigenvalue weighted by atomic mass is 35.5. The second-order valence-corrected chi connectivity index (χ2v) is 5.33. The highest BCUT2D eigenvalue weighted by Crippen LogP contribution is 2.22. The minimum Gasteiger partial charge on any atom is -0.270 e. The summed E-state index contributed by atoms with van der Waals surface area (Å²) in [5, 5.41) is 1.07. The SMILES string of the molecule is O=C(/C=C/c1ccc(Cl)cc1Cl)NOC1CCCC1. The van der Waals surface area contributed by atoms with E-state index in [1.807, 2.05) is 0 Å². The number of amides is 1. The van der Waals surface area contributed by atoms with Crippen LogP contribution in [0, 0.1) is 0 Å². The first-order chi connectivity index (χ1) is 9.15. The van der Waals surface area contributed by atoms with Gasteiger partial charge in [0, 0.05) is 16.1 Å². The minimum atomic E-state index is -0.294. The fourth-order valence-electron chi connectivity index (χ4n) is 1.98. The largest absolute Gasteiger partial charge is 0.270 e. The Bertz CT molecular complexity index is 482. The number of carbonyl (C=O) groups excluding carboxylic acids is 1. The highest BCUT2D eigenvalue weighted by molar-refractivity contribution is 6.35. The van der Waals surface area contributed by atoms with Crippen LogP contribution in [-0.2, 0) is 9.63 Å². The molecular weight excluding hydrogens is 285 g/mol. The normalized spacial score (nSPS) is 16.1. The van der Waals surface area contributed by atoms with E-state index in [1.165, 1.54) is 6.08 Å². The van der Waals surface area contributed by atoms with Crippen LogP contribution in [0.1, 0.15) is 31.2 Å². The van der Waals surface area contributed by atoms with E-state index in [4.69, 9.17) is 28.0 Å². The van der Waals surface area contributed by atoms with Crippen LogP contribution in [-0.4, -0.2) is 12.0 Å². The molecule has 0 aromatic heterocycles. The van der Waals surface area contributed by atoms with E-state index in [0.29, 0.717) is 10.0 Å². The summed E-state index contributed by atoms with van der Waals surface area (Å²) in [4.78, 5) is 16.9. The van der Waals surface area contributed by atoms with Gasteiger partial charge in [-0.1, -0.05) is 42.1 Å². The first kappa shape index (κ1) is 14.4. The zero-order chi connectivity index (χ0) is 13.7. The monoisotopic (exact) mass is 299 g/mol. The fourth-order valence-corrected chi connectivity index (χ4v) is 2.46. The van der Waals surface area contributed by atoms with Crippen LogP contribution in [0.25, 0.3) is 6.08 Å². The quantitative estimate of drug-likeness (QED) is 0.674. The minimum absolute atomic E-state index is 0.150. The number of benzene rings is 1. The molecule has 0 saturated heterocycles. The predicted molar refractivity (Wildman–Crippen MR) is 77.0 cm³/mol. The van der Waals surface area contributed by atoms with Crippen molar-refractivity contribution in [3.8, 4) is 0 Å². The summed E-state index contributed by atoms with van der Waals surface area (Å²) in [6.07, 6.45) is 7.51. The van der Waals surface area contributed by atoms with Gasteiger partial charge in [0.15, 0.2) is 0 Å². The molecular formula is C14H15Cl2NO2. The maximum absolute atomic E-state index is 11.6. The molecule has 1 N–H and O–H groups in total. The summed E-state index contributed by atoms with van der Waals surface area (Å²) in [7, 11) is 0. The van der Waals surface area contributed by atoms with Crippen molar-refractivity contribution in [1.29, 1.82) is 0 Å². The number of hydroxylamine groups is 1. The van der Waals surface area contributed by atoms with Crippen molar-refractivity contribution in [3.63, 3.8) is 0 Å². The van der Waals surface area contributed by atoms with Gasteiger partial charge >= 0.3 is 0 Å². The van der Waals surface area contributed by atoms with E-state index < -0.39 is 0 Å². The van der Waals surface area contributed by atoms with E-state index in [1.54, 1.807) is 24.3 Å². The average molecular weight is 300 g/mol. The summed E-state index contributed by atoms with van der Waals surface area (Å²) in [6.45, 7) is 0. The first-order valence-electron chi connectivity index (χ1n) is 6.24. The Kier molecular flexibility index (Phi) is 5.25. The van der Waals surface area contributed by atoms with Crippen LogP contribution < -0.4 is 5.48 Å². The molecule has 0 atom stereocenters. The summed E-state index contributed by atoms with van der Waals surface area (Å²) >= 11 is 11.8. The molecule has 1 amide bonds. The van der Waals surface area contributed by atoms with Crippen LogP contribution in [0.2, 0.25) is 10.0 Å². The molecule has 1 fully saturated rings. The summed E-state index contributed by atoms with van der Waals surface area (Å²) < 4.78 is 0. The van der Waals surface area contributed by atoms with Crippen molar-refractivity contribution >= 4 is 35.2 Å². The van der Waals surface area contributed by atoms with Crippen molar-refractivity contribution in [2.24, 2.45) is 0 Å². The first-order valence-corrected chi connectivity index (χ1v) is 6.99. The van der Waals surface area contributed by atoms with Crippen molar-refractivity contribution in [1.82, 2.24) is 5.48 Å². The van der Waals surface area contributed by atoms with Crippen molar-refractivity contribution < 1.29 is 9.63 Å². The van der Waals surface area contributed by atoms with Crippen molar-refractivity contribution in [2.45, 2.75) is 31.8 Å². The summed E-state index contributed by atoms with van der Waals surface area (Å²) in [6, 6.07) is 5.11. The average Bonchev–Trinajstić information content (AvgIpc) is 2.88. The molecule has 0 aliphatic heterocycles. The van der Waals surface area contributed by atoms with E-state index in [0.717, 1.165) is 31.2 Å². The molecule has 1 saturated carbocycles. The lowest BCUT2D eigenvalue weighted by atomic mass is 10.2. The second-order valence-electron chi connectivity index (χ2n) is 4.49. The van der Waals surface area contributed by atoms with Crippen LogP contribution in [0.15, 0.2) is 24.3 Å². The third-order valence-corrected chi connectivity index (χ3v) is 3.57. The molecule has 1 aromatic carbocycles. The van der Waals surface area contributed by atoms with Gasteiger partial charge in [-0.2, -0.15) is 0 Å². The topological polar surface area (TPSA) is 38.3 Å². The van der Waals surface area contributed by atoms with Gasteiger partial charge in [0.1, 0.15) is 0 Å². The molecule has 102 valence electrons. The highest BCUT2D eigenvalue weighted by Gasteiger charge is 2.16. The number of halogens is 2. The zero-order valence-electron chi connectivity index (χ0n) is 10.4. The number of carbonyl (C=O) groups is 1. The molecule has 1 aliphatic rings. The zero-order valence-corrected chi connectivity index (χ0v) is 11.9. The Morgan fingerprint density at radius 2 is 2.05 bits per heavy atom. The van der Waals surface area contributed by atoms with E-state index in [-0.39, 0.29) is 12.0 Å². The molecule has 0 spiro atoms. The molecule has 1 aromatic rings. The Hall–Kier alpha value is -1.03. The number of nitrogens with one attached hydrogen (secondary N) is 1. The number of rotatable bonds is 4. The third-order valence-electron chi connectivity index (χ3n) is 3.01. The smallest absolute Gasteiger partial charge is 0.267 e. The maximum Gasteiger partial charge on any atom is 0.267 e. The Morgan fingerprint density at radius 1 is 1.32 bits per heavy atom. The van der Waals surface area contributed by atoms with E-state index >= 15 is 0 Å². The molecule has 0 unspecified atom stereocenters. The fraction of sp³-hybridized carbons (Fsp3) is 0.357. The van der Waals surface area contributed by atoms with E-state index in [2.05, 4.69) is 5.48 Å². The van der Waals surface area contributed by atoms with Gasteiger partial charge in [-0.15, -0.1) is 0 Å². The van der Waals surface area contributed by atoms with Crippen LogP contribution >= 0.6 is 23.2 Å². The van der Waals surface area contributed by atoms with Crippen molar-refractivity contribution in [2.75, 3.05) is 0 Å². The molecule has 0 radical (unpaired) electrons. The third kappa shape index (κ3) is 4.53. The van der Waals surface area contributed by atoms with Gasteiger partial charge in [-0.3, -0.25) is 9.63 Å². The molecule has 0 heterocycles. The van der Waals surface area contributed by atoms with Gasteiger partial charge in [-0.05, 0) is 36.6 Å². The lowest BCUT2D eigenvalue weighted by molar-refractivity contribution is -0.132.